The van der Waals surface area contributed by atoms with Gasteiger partial charge in [0, 0.05) is 11.1 Å². The molecule has 0 aliphatic heterocycles. The second-order valence-corrected chi connectivity index (χ2v) is 4.46. The molecule has 0 bridgehead atoms. The van der Waals surface area contributed by atoms with Gasteiger partial charge in [-0.25, -0.2) is 4.79 Å². The fourth-order valence-electron chi connectivity index (χ4n) is 1.70. The standard InChI is InChI=1S/C15H10ClNO4/c1-20-14-6-9(8-17)2-4-13(14)21-12-5-3-10(16)7-11(12)15(18)19/h2-7H,1H3,(H,18,19). The molecule has 0 heterocycles. The number of aromatic carboxylic acids is 1. The Kier molecular flexibility index (Phi) is 4.31. The van der Waals surface area contributed by atoms with Crippen LogP contribution in [0.15, 0.2) is 36.4 Å². The summed E-state index contributed by atoms with van der Waals surface area (Å²) in [6.07, 6.45) is 0. The van der Waals surface area contributed by atoms with E-state index in [2.05, 4.69) is 0 Å². The number of methoxy groups -OCH3 is 1. The molecule has 106 valence electrons. The summed E-state index contributed by atoms with van der Waals surface area (Å²) in [5, 5.41) is 18.3. The van der Waals surface area contributed by atoms with Crippen molar-refractivity contribution < 1.29 is 19.4 Å². The van der Waals surface area contributed by atoms with Crippen LogP contribution in [-0.2, 0) is 0 Å². The van der Waals surface area contributed by atoms with E-state index in [0.29, 0.717) is 22.1 Å². The highest BCUT2D eigenvalue weighted by molar-refractivity contribution is 6.31. The maximum Gasteiger partial charge on any atom is 0.339 e. The topological polar surface area (TPSA) is 79.5 Å². The molecule has 0 radical (unpaired) electrons. The Bertz CT molecular complexity index is 737. The SMILES string of the molecule is COc1cc(C#N)ccc1Oc1ccc(Cl)cc1C(=O)O. The van der Waals surface area contributed by atoms with Gasteiger partial charge in [-0.15, -0.1) is 0 Å². The van der Waals surface area contributed by atoms with E-state index in [0.717, 1.165) is 0 Å². The van der Waals surface area contributed by atoms with Crippen molar-refractivity contribution in [2.75, 3.05) is 7.11 Å². The number of carbonyl (C=O) groups is 1. The first-order valence-electron chi connectivity index (χ1n) is 5.84. The number of hydrogen-bond acceptors (Lipinski definition) is 4. The van der Waals surface area contributed by atoms with Crippen molar-refractivity contribution in [1.29, 1.82) is 5.26 Å². The first-order valence-corrected chi connectivity index (χ1v) is 6.21. The first kappa shape index (κ1) is 14.7. The van der Waals surface area contributed by atoms with E-state index in [1.807, 2.05) is 6.07 Å². The van der Waals surface area contributed by atoms with Gasteiger partial charge < -0.3 is 14.6 Å². The van der Waals surface area contributed by atoms with Gasteiger partial charge in [0.2, 0.25) is 0 Å². The molecule has 0 fully saturated rings. The number of hydrogen-bond donors (Lipinski definition) is 1. The van der Waals surface area contributed by atoms with Gasteiger partial charge in [-0.2, -0.15) is 5.26 Å². The monoisotopic (exact) mass is 303 g/mol. The minimum absolute atomic E-state index is 0.0612. The molecule has 0 amide bonds. The number of ether oxygens (including phenoxy) is 2. The first-order chi connectivity index (χ1) is 10.0. The molecular weight excluding hydrogens is 294 g/mol. The van der Waals surface area contributed by atoms with Crippen molar-refractivity contribution in [3.63, 3.8) is 0 Å². The second kappa shape index (κ2) is 6.16. The highest BCUT2D eigenvalue weighted by Gasteiger charge is 2.15. The van der Waals surface area contributed by atoms with Crippen LogP contribution in [0.2, 0.25) is 5.02 Å². The average molecular weight is 304 g/mol. The zero-order valence-corrected chi connectivity index (χ0v) is 11.7. The van der Waals surface area contributed by atoms with E-state index in [4.69, 9.17) is 31.4 Å². The van der Waals surface area contributed by atoms with Gasteiger partial charge in [-0.3, -0.25) is 0 Å². The third kappa shape index (κ3) is 3.25. The van der Waals surface area contributed by atoms with Gasteiger partial charge in [-0.05, 0) is 30.3 Å². The zero-order chi connectivity index (χ0) is 15.4. The van der Waals surface area contributed by atoms with Crippen LogP contribution in [0.4, 0.5) is 0 Å². The predicted molar refractivity (Wildman–Crippen MR) is 76.2 cm³/mol. The molecule has 5 nitrogen and oxygen atoms in total. The lowest BCUT2D eigenvalue weighted by molar-refractivity contribution is 0.0694. The Labute approximate surface area is 125 Å². The summed E-state index contributed by atoms with van der Waals surface area (Å²) < 4.78 is 10.7. The van der Waals surface area contributed by atoms with Crippen LogP contribution in [-0.4, -0.2) is 18.2 Å². The minimum atomic E-state index is -1.15. The highest BCUT2D eigenvalue weighted by Crippen LogP contribution is 2.34. The Morgan fingerprint density at radius 2 is 1.90 bits per heavy atom. The predicted octanol–water partition coefficient (Wildman–Crippen LogP) is 3.71. The van der Waals surface area contributed by atoms with Crippen molar-refractivity contribution in [2.24, 2.45) is 0 Å². The molecule has 0 aromatic heterocycles. The molecule has 0 unspecified atom stereocenters. The Hall–Kier alpha value is -2.71. The quantitative estimate of drug-likeness (QED) is 0.931. The third-order valence-electron chi connectivity index (χ3n) is 2.68. The molecule has 0 saturated heterocycles. The van der Waals surface area contributed by atoms with Gasteiger partial charge in [-0.1, -0.05) is 11.6 Å². The summed E-state index contributed by atoms with van der Waals surface area (Å²) in [6.45, 7) is 0. The van der Waals surface area contributed by atoms with Crippen LogP contribution in [0.5, 0.6) is 17.2 Å². The number of carboxylic acids is 1. The highest BCUT2D eigenvalue weighted by atomic mass is 35.5. The summed E-state index contributed by atoms with van der Waals surface area (Å²) in [4.78, 5) is 11.2. The van der Waals surface area contributed by atoms with Crippen LogP contribution in [0.3, 0.4) is 0 Å². The number of nitriles is 1. The number of nitrogens with zero attached hydrogens (tertiary/aromatic N) is 1. The number of carboxylic acid groups (broad SMARTS) is 1. The molecule has 6 heteroatoms. The smallest absolute Gasteiger partial charge is 0.339 e. The lowest BCUT2D eigenvalue weighted by Gasteiger charge is -2.12. The molecule has 0 aliphatic carbocycles. The van der Waals surface area contributed by atoms with E-state index in [9.17, 15) is 4.79 Å². The van der Waals surface area contributed by atoms with E-state index < -0.39 is 5.97 Å². The molecule has 2 aromatic carbocycles. The Morgan fingerprint density at radius 3 is 2.52 bits per heavy atom. The summed E-state index contributed by atoms with van der Waals surface area (Å²) in [7, 11) is 1.43. The maximum absolute atomic E-state index is 11.2. The molecule has 0 saturated carbocycles. The van der Waals surface area contributed by atoms with Crippen LogP contribution in [0.1, 0.15) is 15.9 Å². The van der Waals surface area contributed by atoms with Gasteiger partial charge in [0.25, 0.3) is 0 Å². The second-order valence-electron chi connectivity index (χ2n) is 4.03. The fraction of sp³-hybridized carbons (Fsp3) is 0.0667. The van der Waals surface area contributed by atoms with Crippen molar-refractivity contribution in [2.45, 2.75) is 0 Å². The number of rotatable bonds is 4. The largest absolute Gasteiger partial charge is 0.493 e. The van der Waals surface area contributed by atoms with E-state index in [-0.39, 0.29) is 11.3 Å². The summed E-state index contributed by atoms with van der Waals surface area (Å²) in [5.41, 5.74) is 0.350. The van der Waals surface area contributed by atoms with Crippen LogP contribution < -0.4 is 9.47 Å². The zero-order valence-electron chi connectivity index (χ0n) is 11.0. The Morgan fingerprint density at radius 1 is 1.19 bits per heavy atom. The lowest BCUT2D eigenvalue weighted by Crippen LogP contribution is -2.00. The number of halogens is 1. The van der Waals surface area contributed by atoms with E-state index in [1.165, 1.54) is 37.4 Å². The van der Waals surface area contributed by atoms with Crippen molar-refractivity contribution in [3.8, 4) is 23.3 Å². The molecule has 0 spiro atoms. The number of benzene rings is 2. The summed E-state index contributed by atoms with van der Waals surface area (Å²) in [6, 6.07) is 10.9. The van der Waals surface area contributed by atoms with Crippen molar-refractivity contribution in [3.05, 3.63) is 52.5 Å². The van der Waals surface area contributed by atoms with Crippen molar-refractivity contribution >= 4 is 17.6 Å². The van der Waals surface area contributed by atoms with E-state index >= 15 is 0 Å². The molecule has 2 rings (SSSR count). The molecule has 0 atom stereocenters. The van der Waals surface area contributed by atoms with Crippen LogP contribution >= 0.6 is 11.6 Å². The summed E-state index contributed by atoms with van der Waals surface area (Å²) in [5.74, 6) is -0.378. The molecule has 0 aliphatic rings. The summed E-state index contributed by atoms with van der Waals surface area (Å²) >= 11 is 5.78. The maximum atomic E-state index is 11.2. The van der Waals surface area contributed by atoms with Crippen LogP contribution in [0.25, 0.3) is 0 Å². The van der Waals surface area contributed by atoms with Gasteiger partial charge in [0.15, 0.2) is 11.5 Å². The molecule has 1 N–H and O–H groups in total. The molecule has 2 aromatic rings. The fourth-order valence-corrected chi connectivity index (χ4v) is 1.87. The van der Waals surface area contributed by atoms with Crippen molar-refractivity contribution in [1.82, 2.24) is 0 Å². The van der Waals surface area contributed by atoms with Gasteiger partial charge in [0.05, 0.1) is 18.7 Å². The Balaban J connectivity index is 2.43. The van der Waals surface area contributed by atoms with Crippen LogP contribution in [0, 0.1) is 11.3 Å². The van der Waals surface area contributed by atoms with Gasteiger partial charge >= 0.3 is 5.97 Å². The average Bonchev–Trinajstić information content (AvgIpc) is 2.49. The van der Waals surface area contributed by atoms with E-state index in [1.54, 1.807) is 6.07 Å². The normalized spacial score (nSPS) is 9.76. The molecule has 21 heavy (non-hydrogen) atoms. The third-order valence-corrected chi connectivity index (χ3v) is 2.92. The minimum Gasteiger partial charge on any atom is -0.493 e. The van der Waals surface area contributed by atoms with Gasteiger partial charge in [0.1, 0.15) is 11.3 Å². The molecular formula is C15H10ClNO4. The lowest BCUT2D eigenvalue weighted by atomic mass is 10.2.